The summed E-state index contributed by atoms with van der Waals surface area (Å²) in [6, 6.07) is 0. The molecule has 15 heavy (non-hydrogen) atoms. The summed E-state index contributed by atoms with van der Waals surface area (Å²) in [5, 5.41) is 9.58. The Balaban J connectivity index is 2.41. The van der Waals surface area contributed by atoms with Gasteiger partial charge in [-0.05, 0) is 38.5 Å². The Labute approximate surface area is 91.8 Å². The van der Waals surface area contributed by atoms with Crippen molar-refractivity contribution in [1.29, 1.82) is 0 Å². The zero-order chi connectivity index (χ0) is 11.1. The van der Waals surface area contributed by atoms with Gasteiger partial charge in [-0.2, -0.15) is 0 Å². The van der Waals surface area contributed by atoms with Crippen LogP contribution in [0.2, 0.25) is 0 Å². The van der Waals surface area contributed by atoms with E-state index < -0.39 is 0 Å². The van der Waals surface area contributed by atoms with Gasteiger partial charge < -0.3 is 9.84 Å². The molecule has 0 radical (unpaired) electrons. The normalized spacial score (nSPS) is 29.6. The van der Waals surface area contributed by atoms with Crippen LogP contribution in [0.15, 0.2) is 0 Å². The largest absolute Gasteiger partial charge is 0.462 e. The Morgan fingerprint density at radius 3 is 2.80 bits per heavy atom. The molecule has 0 saturated carbocycles. The first-order valence-electron chi connectivity index (χ1n) is 6.10. The Kier molecular flexibility index (Phi) is 5.69. The molecule has 0 bridgehead atoms. The molecule has 1 heterocycles. The molecule has 1 fully saturated rings. The van der Waals surface area contributed by atoms with Gasteiger partial charge in [0, 0.05) is 6.42 Å². The van der Waals surface area contributed by atoms with Crippen molar-refractivity contribution in [3.63, 3.8) is 0 Å². The van der Waals surface area contributed by atoms with Gasteiger partial charge in [0.15, 0.2) is 0 Å². The van der Waals surface area contributed by atoms with Gasteiger partial charge in [0.05, 0.1) is 6.10 Å². The standard InChI is InChI=1S/C12H22O3/c1-2-5-11-8-3-6-10(13)7-4-9-12(14)15-11/h10-11,13H,2-9H2,1H3/t10-,11-/m0/s1. The second-order valence-corrected chi connectivity index (χ2v) is 4.38. The predicted molar refractivity (Wildman–Crippen MR) is 58.5 cm³/mol. The van der Waals surface area contributed by atoms with Crippen molar-refractivity contribution in [1.82, 2.24) is 0 Å². The van der Waals surface area contributed by atoms with Gasteiger partial charge in [-0.15, -0.1) is 0 Å². The van der Waals surface area contributed by atoms with E-state index in [1.807, 2.05) is 0 Å². The van der Waals surface area contributed by atoms with E-state index in [-0.39, 0.29) is 18.2 Å². The molecule has 0 aromatic heterocycles. The first-order chi connectivity index (χ1) is 7.22. The minimum absolute atomic E-state index is 0.0767. The van der Waals surface area contributed by atoms with Crippen LogP contribution in [-0.2, 0) is 9.53 Å². The smallest absolute Gasteiger partial charge is 0.306 e. The molecule has 2 atom stereocenters. The quantitative estimate of drug-likeness (QED) is 0.718. The van der Waals surface area contributed by atoms with Gasteiger partial charge in [0.2, 0.25) is 0 Å². The van der Waals surface area contributed by atoms with Crippen LogP contribution in [0.5, 0.6) is 0 Å². The summed E-state index contributed by atoms with van der Waals surface area (Å²) in [5.41, 5.74) is 0. The average Bonchev–Trinajstić information content (AvgIpc) is 2.17. The molecule has 1 N–H and O–H groups in total. The second-order valence-electron chi connectivity index (χ2n) is 4.38. The van der Waals surface area contributed by atoms with Crippen LogP contribution in [0.25, 0.3) is 0 Å². The van der Waals surface area contributed by atoms with Crippen molar-refractivity contribution in [2.45, 2.75) is 70.5 Å². The third-order valence-electron chi connectivity index (χ3n) is 2.89. The van der Waals surface area contributed by atoms with Gasteiger partial charge >= 0.3 is 5.97 Å². The lowest BCUT2D eigenvalue weighted by Gasteiger charge is -2.20. The van der Waals surface area contributed by atoms with Crippen LogP contribution in [0.4, 0.5) is 0 Å². The molecule has 0 spiro atoms. The monoisotopic (exact) mass is 214 g/mol. The van der Waals surface area contributed by atoms with Crippen molar-refractivity contribution in [3.8, 4) is 0 Å². The summed E-state index contributed by atoms with van der Waals surface area (Å²) in [5.74, 6) is -0.0949. The highest BCUT2D eigenvalue weighted by atomic mass is 16.5. The lowest BCUT2D eigenvalue weighted by atomic mass is 10.0. The molecule has 0 aliphatic carbocycles. The third kappa shape index (κ3) is 5.17. The Bertz CT molecular complexity index is 191. The van der Waals surface area contributed by atoms with E-state index in [9.17, 15) is 9.90 Å². The topological polar surface area (TPSA) is 46.5 Å². The molecule has 88 valence electrons. The third-order valence-corrected chi connectivity index (χ3v) is 2.89. The fourth-order valence-electron chi connectivity index (χ4n) is 2.04. The number of carbonyl (C=O) groups excluding carboxylic acids is 1. The maximum Gasteiger partial charge on any atom is 0.306 e. The molecule has 3 heteroatoms. The lowest BCUT2D eigenvalue weighted by Crippen LogP contribution is -2.21. The molecule has 1 saturated heterocycles. The molecule has 1 aliphatic rings. The van der Waals surface area contributed by atoms with Crippen molar-refractivity contribution in [2.75, 3.05) is 0 Å². The van der Waals surface area contributed by atoms with E-state index >= 15 is 0 Å². The molecular formula is C12H22O3. The Morgan fingerprint density at radius 2 is 2.07 bits per heavy atom. The molecule has 1 rings (SSSR count). The van der Waals surface area contributed by atoms with Crippen LogP contribution < -0.4 is 0 Å². The second kappa shape index (κ2) is 6.83. The van der Waals surface area contributed by atoms with Gasteiger partial charge in [-0.1, -0.05) is 13.3 Å². The maximum absolute atomic E-state index is 11.4. The van der Waals surface area contributed by atoms with E-state index in [1.165, 1.54) is 0 Å². The zero-order valence-electron chi connectivity index (χ0n) is 9.58. The average molecular weight is 214 g/mol. The van der Waals surface area contributed by atoms with Crippen molar-refractivity contribution in [2.24, 2.45) is 0 Å². The van der Waals surface area contributed by atoms with E-state index in [2.05, 4.69) is 6.92 Å². The number of aliphatic hydroxyl groups is 1. The number of aliphatic hydroxyl groups excluding tert-OH is 1. The SMILES string of the molecule is CCC[C@H]1CCC[C@H](O)CCCC(=O)O1. The Hall–Kier alpha value is -0.570. The van der Waals surface area contributed by atoms with E-state index in [1.54, 1.807) is 0 Å². The highest BCUT2D eigenvalue weighted by molar-refractivity contribution is 5.69. The van der Waals surface area contributed by atoms with Crippen LogP contribution >= 0.6 is 0 Å². The molecule has 0 aromatic rings. The van der Waals surface area contributed by atoms with Gasteiger partial charge in [0.25, 0.3) is 0 Å². The molecule has 1 aliphatic heterocycles. The first kappa shape index (κ1) is 12.5. The van der Waals surface area contributed by atoms with Gasteiger partial charge in [-0.25, -0.2) is 0 Å². The molecule has 0 aromatic carbocycles. The number of hydrogen-bond donors (Lipinski definition) is 1. The predicted octanol–water partition coefficient (Wildman–Crippen LogP) is 2.41. The zero-order valence-corrected chi connectivity index (χ0v) is 9.58. The summed E-state index contributed by atoms with van der Waals surface area (Å²) in [7, 11) is 0. The molecular weight excluding hydrogens is 192 g/mol. The summed E-state index contributed by atoms with van der Waals surface area (Å²) < 4.78 is 5.38. The summed E-state index contributed by atoms with van der Waals surface area (Å²) >= 11 is 0. The minimum Gasteiger partial charge on any atom is -0.462 e. The minimum atomic E-state index is -0.224. The van der Waals surface area contributed by atoms with E-state index in [0.717, 1.165) is 44.9 Å². The van der Waals surface area contributed by atoms with Crippen molar-refractivity contribution in [3.05, 3.63) is 0 Å². The summed E-state index contributed by atoms with van der Waals surface area (Å²) in [4.78, 5) is 11.4. The number of hydrogen-bond acceptors (Lipinski definition) is 3. The first-order valence-corrected chi connectivity index (χ1v) is 6.10. The number of esters is 1. The number of rotatable bonds is 2. The fourth-order valence-corrected chi connectivity index (χ4v) is 2.04. The van der Waals surface area contributed by atoms with Gasteiger partial charge in [0.1, 0.15) is 6.10 Å². The fraction of sp³-hybridized carbons (Fsp3) is 0.917. The molecule has 3 nitrogen and oxygen atoms in total. The van der Waals surface area contributed by atoms with Crippen LogP contribution in [0.3, 0.4) is 0 Å². The summed E-state index contributed by atoms with van der Waals surface area (Å²) in [6.45, 7) is 2.10. The number of carbonyl (C=O) groups is 1. The maximum atomic E-state index is 11.4. The van der Waals surface area contributed by atoms with Gasteiger partial charge in [-0.3, -0.25) is 4.79 Å². The molecule has 0 amide bonds. The lowest BCUT2D eigenvalue weighted by molar-refractivity contribution is -0.150. The van der Waals surface area contributed by atoms with Crippen molar-refractivity contribution >= 4 is 5.97 Å². The van der Waals surface area contributed by atoms with Crippen LogP contribution in [0, 0.1) is 0 Å². The van der Waals surface area contributed by atoms with Crippen molar-refractivity contribution < 1.29 is 14.6 Å². The van der Waals surface area contributed by atoms with Crippen LogP contribution in [-0.4, -0.2) is 23.3 Å². The molecule has 0 unspecified atom stereocenters. The highest BCUT2D eigenvalue weighted by Gasteiger charge is 2.16. The summed E-state index contributed by atoms with van der Waals surface area (Å²) in [6.07, 6.45) is 6.48. The Morgan fingerprint density at radius 1 is 1.33 bits per heavy atom. The number of cyclic esters (lactones) is 1. The van der Waals surface area contributed by atoms with E-state index in [0.29, 0.717) is 6.42 Å². The number of ether oxygens (including phenoxy) is 1. The highest BCUT2D eigenvalue weighted by Crippen LogP contribution is 2.17. The van der Waals surface area contributed by atoms with Crippen LogP contribution in [0.1, 0.15) is 58.3 Å². The van der Waals surface area contributed by atoms with E-state index in [4.69, 9.17) is 4.74 Å².